The molecular formula is C18H28N2O. The van der Waals surface area contributed by atoms with E-state index in [1.165, 1.54) is 12.8 Å². The van der Waals surface area contributed by atoms with Crippen molar-refractivity contribution in [3.05, 3.63) is 35.9 Å². The highest BCUT2D eigenvalue weighted by molar-refractivity contribution is 5.84. The molecule has 1 aliphatic rings. The van der Waals surface area contributed by atoms with Gasteiger partial charge < -0.3 is 5.32 Å². The Kier molecular flexibility index (Phi) is 5.80. The normalized spacial score (nSPS) is 17.5. The van der Waals surface area contributed by atoms with Gasteiger partial charge in [-0.15, -0.1) is 0 Å². The maximum atomic E-state index is 12.6. The van der Waals surface area contributed by atoms with Crippen LogP contribution in [0.25, 0.3) is 0 Å². The molecule has 0 spiro atoms. The fourth-order valence-electron chi connectivity index (χ4n) is 3.06. The Bertz CT molecular complexity index is 438. The molecule has 116 valence electrons. The molecular weight excluding hydrogens is 260 g/mol. The number of nitrogens with zero attached hydrogens (tertiary/aromatic N) is 1. The van der Waals surface area contributed by atoms with E-state index in [1.54, 1.807) is 0 Å². The quantitative estimate of drug-likeness (QED) is 0.797. The van der Waals surface area contributed by atoms with E-state index in [4.69, 9.17) is 0 Å². The Labute approximate surface area is 128 Å². The van der Waals surface area contributed by atoms with E-state index >= 15 is 0 Å². The Morgan fingerprint density at radius 1 is 1.24 bits per heavy atom. The third-order valence-electron chi connectivity index (χ3n) is 4.54. The average Bonchev–Trinajstić information content (AvgIpc) is 3.32. The average molecular weight is 288 g/mol. The van der Waals surface area contributed by atoms with Crippen LogP contribution in [0.5, 0.6) is 0 Å². The SMILES string of the molecule is CCN(CC)C(C)CNC(=O)C(c1ccccc1)C1CC1. The van der Waals surface area contributed by atoms with E-state index in [-0.39, 0.29) is 11.8 Å². The Balaban J connectivity index is 1.94. The molecule has 1 N–H and O–H groups in total. The number of benzene rings is 1. The van der Waals surface area contributed by atoms with E-state index < -0.39 is 0 Å². The summed E-state index contributed by atoms with van der Waals surface area (Å²) >= 11 is 0. The summed E-state index contributed by atoms with van der Waals surface area (Å²) in [7, 11) is 0. The highest BCUT2D eigenvalue weighted by Gasteiger charge is 2.37. The van der Waals surface area contributed by atoms with Gasteiger partial charge in [0.2, 0.25) is 5.91 Å². The molecule has 0 heterocycles. The van der Waals surface area contributed by atoms with Crippen LogP contribution < -0.4 is 5.32 Å². The van der Waals surface area contributed by atoms with Crippen molar-refractivity contribution >= 4 is 5.91 Å². The molecule has 3 nitrogen and oxygen atoms in total. The van der Waals surface area contributed by atoms with Gasteiger partial charge >= 0.3 is 0 Å². The Morgan fingerprint density at radius 3 is 2.38 bits per heavy atom. The van der Waals surface area contributed by atoms with Crippen molar-refractivity contribution in [2.24, 2.45) is 5.92 Å². The number of carbonyl (C=O) groups excluding carboxylic acids is 1. The predicted octanol–water partition coefficient (Wildman–Crippen LogP) is 3.03. The first-order valence-electron chi connectivity index (χ1n) is 8.24. The molecule has 0 aliphatic heterocycles. The molecule has 0 saturated heterocycles. The van der Waals surface area contributed by atoms with Gasteiger partial charge in [0.1, 0.15) is 0 Å². The smallest absolute Gasteiger partial charge is 0.227 e. The van der Waals surface area contributed by atoms with Crippen LogP contribution in [0.15, 0.2) is 30.3 Å². The molecule has 1 saturated carbocycles. The Morgan fingerprint density at radius 2 is 1.86 bits per heavy atom. The summed E-state index contributed by atoms with van der Waals surface area (Å²) in [6.45, 7) is 9.30. The summed E-state index contributed by atoms with van der Waals surface area (Å²) < 4.78 is 0. The summed E-state index contributed by atoms with van der Waals surface area (Å²) in [5, 5.41) is 3.17. The molecule has 1 aliphatic carbocycles. The molecule has 2 atom stereocenters. The second kappa shape index (κ2) is 7.60. The van der Waals surface area contributed by atoms with E-state index in [9.17, 15) is 4.79 Å². The van der Waals surface area contributed by atoms with Gasteiger partial charge in [-0.1, -0.05) is 44.2 Å². The van der Waals surface area contributed by atoms with Crippen molar-refractivity contribution in [1.82, 2.24) is 10.2 Å². The topological polar surface area (TPSA) is 32.3 Å². The number of carbonyl (C=O) groups is 1. The second-order valence-corrected chi connectivity index (χ2v) is 6.04. The van der Waals surface area contributed by atoms with Gasteiger partial charge in [-0.25, -0.2) is 0 Å². The molecule has 0 aromatic heterocycles. The second-order valence-electron chi connectivity index (χ2n) is 6.04. The van der Waals surface area contributed by atoms with Gasteiger partial charge in [-0.3, -0.25) is 9.69 Å². The fourth-order valence-corrected chi connectivity index (χ4v) is 3.06. The minimum Gasteiger partial charge on any atom is -0.354 e. The molecule has 1 aromatic rings. The predicted molar refractivity (Wildman–Crippen MR) is 87.3 cm³/mol. The lowest BCUT2D eigenvalue weighted by atomic mass is 9.93. The zero-order valence-electron chi connectivity index (χ0n) is 13.5. The van der Waals surface area contributed by atoms with Gasteiger partial charge in [0, 0.05) is 12.6 Å². The number of hydrogen-bond donors (Lipinski definition) is 1. The fraction of sp³-hybridized carbons (Fsp3) is 0.611. The summed E-state index contributed by atoms with van der Waals surface area (Å²) in [6, 6.07) is 10.6. The van der Waals surface area contributed by atoms with Crippen molar-refractivity contribution in [3.63, 3.8) is 0 Å². The maximum Gasteiger partial charge on any atom is 0.227 e. The van der Waals surface area contributed by atoms with Crippen molar-refractivity contribution in [2.45, 2.75) is 45.6 Å². The molecule has 1 amide bonds. The first-order chi connectivity index (χ1) is 10.2. The molecule has 2 rings (SSSR count). The van der Waals surface area contributed by atoms with Gasteiger partial charge in [0.15, 0.2) is 0 Å². The van der Waals surface area contributed by atoms with Crippen LogP contribution in [-0.4, -0.2) is 36.5 Å². The van der Waals surface area contributed by atoms with Gasteiger partial charge in [0.05, 0.1) is 5.92 Å². The lowest BCUT2D eigenvalue weighted by Gasteiger charge is -2.27. The van der Waals surface area contributed by atoms with Crippen molar-refractivity contribution in [3.8, 4) is 0 Å². The summed E-state index contributed by atoms with van der Waals surface area (Å²) in [5.74, 6) is 0.772. The monoisotopic (exact) mass is 288 g/mol. The lowest BCUT2D eigenvalue weighted by Crippen LogP contribution is -2.43. The lowest BCUT2D eigenvalue weighted by molar-refractivity contribution is -0.123. The van der Waals surface area contributed by atoms with Crippen LogP contribution in [0.1, 0.15) is 45.1 Å². The minimum atomic E-state index is 0.0371. The molecule has 1 aromatic carbocycles. The van der Waals surface area contributed by atoms with Crippen molar-refractivity contribution in [2.75, 3.05) is 19.6 Å². The molecule has 2 unspecified atom stereocenters. The molecule has 21 heavy (non-hydrogen) atoms. The number of hydrogen-bond acceptors (Lipinski definition) is 2. The van der Waals surface area contributed by atoms with E-state index in [1.807, 2.05) is 18.2 Å². The van der Waals surface area contributed by atoms with Crippen molar-refractivity contribution in [1.29, 1.82) is 0 Å². The van der Waals surface area contributed by atoms with Crippen LogP contribution >= 0.6 is 0 Å². The third kappa shape index (κ3) is 4.31. The highest BCUT2D eigenvalue weighted by Crippen LogP contribution is 2.42. The minimum absolute atomic E-state index is 0.0371. The molecule has 0 radical (unpaired) electrons. The van der Waals surface area contributed by atoms with Crippen LogP contribution in [0, 0.1) is 5.92 Å². The third-order valence-corrected chi connectivity index (χ3v) is 4.54. The number of nitrogens with one attached hydrogen (secondary N) is 1. The van der Waals surface area contributed by atoms with Crippen LogP contribution in [0.4, 0.5) is 0 Å². The van der Waals surface area contributed by atoms with E-state index in [0.29, 0.717) is 12.0 Å². The number of amides is 1. The van der Waals surface area contributed by atoms with Crippen LogP contribution in [-0.2, 0) is 4.79 Å². The van der Waals surface area contributed by atoms with Gasteiger partial charge in [-0.2, -0.15) is 0 Å². The van der Waals surface area contributed by atoms with E-state index in [2.05, 4.69) is 43.1 Å². The Hall–Kier alpha value is -1.35. The van der Waals surface area contributed by atoms with Gasteiger partial charge in [0.25, 0.3) is 0 Å². The first-order valence-corrected chi connectivity index (χ1v) is 8.24. The summed E-state index contributed by atoms with van der Waals surface area (Å²) in [4.78, 5) is 15.0. The zero-order valence-corrected chi connectivity index (χ0v) is 13.5. The highest BCUT2D eigenvalue weighted by atomic mass is 16.1. The van der Waals surface area contributed by atoms with Crippen molar-refractivity contribution < 1.29 is 4.79 Å². The summed E-state index contributed by atoms with van der Waals surface area (Å²) in [5.41, 5.74) is 1.16. The standard InChI is InChI=1S/C18H28N2O/c1-4-20(5-2)14(3)13-19-18(21)17(16-11-12-16)15-9-7-6-8-10-15/h6-10,14,16-17H,4-5,11-13H2,1-3H3,(H,19,21). The zero-order chi connectivity index (χ0) is 15.2. The van der Waals surface area contributed by atoms with Gasteiger partial charge in [-0.05, 0) is 44.3 Å². The maximum absolute atomic E-state index is 12.6. The number of rotatable bonds is 8. The first kappa shape index (κ1) is 16.0. The van der Waals surface area contributed by atoms with Crippen LogP contribution in [0.3, 0.4) is 0 Å². The van der Waals surface area contributed by atoms with E-state index in [0.717, 1.165) is 25.2 Å². The summed E-state index contributed by atoms with van der Waals surface area (Å²) in [6.07, 6.45) is 2.36. The van der Waals surface area contributed by atoms with Crippen LogP contribution in [0.2, 0.25) is 0 Å². The molecule has 3 heteroatoms. The molecule has 0 bridgehead atoms. The largest absolute Gasteiger partial charge is 0.354 e. The molecule has 1 fully saturated rings. The number of likely N-dealkylation sites (N-methyl/N-ethyl adjacent to an activating group) is 1.